The van der Waals surface area contributed by atoms with Gasteiger partial charge in [-0.2, -0.15) is 39.5 Å². The highest BCUT2D eigenvalue weighted by Gasteiger charge is 2.78. The third-order valence-corrected chi connectivity index (χ3v) is 5.70. The van der Waals surface area contributed by atoms with Gasteiger partial charge in [0.25, 0.3) is 18.1 Å². The van der Waals surface area contributed by atoms with Crippen molar-refractivity contribution < 1.29 is 72.5 Å². The summed E-state index contributed by atoms with van der Waals surface area (Å²) in [6.45, 7) is 9.09. The average molecular weight is 572 g/mol. The highest BCUT2D eigenvalue weighted by Crippen LogP contribution is 2.51. The van der Waals surface area contributed by atoms with Gasteiger partial charge in [-0.05, 0) is 54.4 Å². The number of halogens is 11. The van der Waals surface area contributed by atoms with Crippen LogP contribution >= 0.6 is 0 Å². The number of esters is 2. The van der Waals surface area contributed by atoms with Crippen molar-refractivity contribution in [2.75, 3.05) is 0 Å². The molecule has 1 atom stereocenters. The first-order chi connectivity index (χ1) is 16.0. The molecular weight excluding hydrogens is 541 g/mol. The predicted octanol–water partition coefficient (Wildman–Crippen LogP) is 6.76. The van der Waals surface area contributed by atoms with Crippen molar-refractivity contribution in [3.8, 4) is 0 Å². The van der Waals surface area contributed by atoms with Crippen molar-refractivity contribution in [2.24, 2.45) is 10.8 Å². The molecule has 1 N–H and O–H groups in total. The molecule has 0 rings (SSSR count). The fraction of sp³-hybridized carbons (Fsp3) is 0.905. The van der Waals surface area contributed by atoms with Gasteiger partial charge in [0.2, 0.25) is 0 Å². The van der Waals surface area contributed by atoms with E-state index in [-0.39, 0.29) is 12.8 Å². The van der Waals surface area contributed by atoms with E-state index in [2.05, 4.69) is 9.47 Å². The van der Waals surface area contributed by atoms with Crippen molar-refractivity contribution in [1.82, 2.24) is 0 Å². The molecule has 222 valence electrons. The number of hydrogen-bond donors (Lipinski definition) is 1. The van der Waals surface area contributed by atoms with Crippen molar-refractivity contribution in [2.45, 2.75) is 110 Å². The van der Waals surface area contributed by atoms with Crippen LogP contribution in [0.2, 0.25) is 0 Å². The number of aliphatic hydroxyl groups is 1. The minimum absolute atomic E-state index is 0.137. The van der Waals surface area contributed by atoms with Crippen molar-refractivity contribution >= 4 is 11.9 Å². The fourth-order valence-electron chi connectivity index (χ4n) is 2.11. The van der Waals surface area contributed by atoms with E-state index in [1.54, 1.807) is 6.92 Å². The van der Waals surface area contributed by atoms with Crippen LogP contribution in [-0.2, 0) is 19.1 Å². The molecule has 0 saturated heterocycles. The van der Waals surface area contributed by atoms with Crippen LogP contribution in [0.1, 0.15) is 68.2 Å². The summed E-state index contributed by atoms with van der Waals surface area (Å²) in [6, 6.07) is 0. The van der Waals surface area contributed by atoms with Gasteiger partial charge in [0.15, 0.2) is 5.60 Å². The number of rotatable bonds is 8. The maximum Gasteiger partial charge on any atom is 0.431 e. The Morgan fingerprint density at radius 1 is 0.703 bits per heavy atom. The second-order valence-electron chi connectivity index (χ2n) is 9.78. The lowest BCUT2D eigenvalue weighted by atomic mass is 9.83. The number of alkyl halides is 11. The molecule has 0 aliphatic heterocycles. The third kappa shape index (κ3) is 9.13. The summed E-state index contributed by atoms with van der Waals surface area (Å²) >= 11 is 0. The van der Waals surface area contributed by atoms with E-state index in [4.69, 9.17) is 0 Å². The van der Waals surface area contributed by atoms with E-state index in [9.17, 15) is 63.0 Å². The van der Waals surface area contributed by atoms with E-state index in [0.29, 0.717) is 13.8 Å². The molecule has 0 aliphatic rings. The number of hydrogen-bond acceptors (Lipinski definition) is 5. The first-order valence-electron chi connectivity index (χ1n) is 10.6. The van der Waals surface area contributed by atoms with Crippen LogP contribution in [0.3, 0.4) is 0 Å². The molecule has 5 nitrogen and oxygen atoms in total. The molecule has 0 aromatic rings. The van der Waals surface area contributed by atoms with E-state index in [1.807, 2.05) is 0 Å². The first-order valence-corrected chi connectivity index (χ1v) is 10.6. The van der Waals surface area contributed by atoms with Gasteiger partial charge in [0, 0.05) is 0 Å². The minimum Gasteiger partial charge on any atom is -0.455 e. The van der Waals surface area contributed by atoms with Crippen LogP contribution in [0.25, 0.3) is 0 Å². The standard InChI is InChI=1S/C12H18F6O3.C9H13F5O2/c1-6-8(2,3)7(19)21-9(4,5)10(20,11(13,14)15)12(16,17)18;1-4-8(2,3)7(15)16-5(6(10)11)9(12,13)14/h20H,6H2,1-5H3;5-6H,4H2,1-3H3. The maximum atomic E-state index is 12.8. The fourth-order valence-corrected chi connectivity index (χ4v) is 2.11. The number of ether oxygens (including phenoxy) is 2. The smallest absolute Gasteiger partial charge is 0.431 e. The zero-order valence-corrected chi connectivity index (χ0v) is 21.3. The van der Waals surface area contributed by atoms with Gasteiger partial charge in [-0.15, -0.1) is 0 Å². The molecule has 1 unspecified atom stereocenters. The molecule has 0 heterocycles. The van der Waals surface area contributed by atoms with Gasteiger partial charge in [-0.1, -0.05) is 13.8 Å². The van der Waals surface area contributed by atoms with Gasteiger partial charge in [-0.25, -0.2) is 8.78 Å². The zero-order valence-electron chi connectivity index (χ0n) is 21.3. The molecule has 0 spiro atoms. The molecular formula is C21H31F11O5. The lowest BCUT2D eigenvalue weighted by Gasteiger charge is -2.44. The van der Waals surface area contributed by atoms with E-state index >= 15 is 0 Å². The third-order valence-electron chi connectivity index (χ3n) is 5.70. The highest BCUT2D eigenvalue weighted by molar-refractivity contribution is 5.76. The molecule has 0 aliphatic carbocycles. The molecule has 0 aromatic heterocycles. The van der Waals surface area contributed by atoms with Crippen LogP contribution in [0.15, 0.2) is 0 Å². The van der Waals surface area contributed by atoms with Crippen LogP contribution in [0.5, 0.6) is 0 Å². The lowest BCUT2D eigenvalue weighted by molar-refractivity contribution is -0.408. The predicted molar refractivity (Wildman–Crippen MR) is 107 cm³/mol. The molecule has 16 heteroatoms. The largest absolute Gasteiger partial charge is 0.455 e. The Bertz CT molecular complexity index is 752. The Morgan fingerprint density at radius 2 is 1.03 bits per heavy atom. The molecule has 0 fully saturated rings. The molecule has 0 bridgehead atoms. The van der Waals surface area contributed by atoms with E-state index in [1.165, 1.54) is 34.6 Å². The topological polar surface area (TPSA) is 72.8 Å². The molecule has 37 heavy (non-hydrogen) atoms. The summed E-state index contributed by atoms with van der Waals surface area (Å²) in [6.07, 6.45) is -24.2. The Morgan fingerprint density at radius 3 is 1.27 bits per heavy atom. The van der Waals surface area contributed by atoms with Crippen LogP contribution < -0.4 is 0 Å². The maximum absolute atomic E-state index is 12.8. The molecule has 0 radical (unpaired) electrons. The SMILES string of the molecule is CCC(C)(C)C(=O)OC(C(F)F)C(F)(F)F.CCC(C)(C)C(=O)OC(C)(C)C(O)(C(F)(F)F)C(F)(F)F. The lowest BCUT2D eigenvalue weighted by Crippen LogP contribution is -2.70. The van der Waals surface area contributed by atoms with E-state index in [0.717, 1.165) is 0 Å². The minimum atomic E-state index is -6.06. The summed E-state index contributed by atoms with van der Waals surface area (Å²) in [5.74, 6) is -2.54. The second kappa shape index (κ2) is 11.9. The summed E-state index contributed by atoms with van der Waals surface area (Å²) < 4.78 is 145. The summed E-state index contributed by atoms with van der Waals surface area (Å²) in [5, 5.41) is 9.27. The molecule has 0 amide bonds. The van der Waals surface area contributed by atoms with Gasteiger partial charge in [0.05, 0.1) is 10.8 Å². The van der Waals surface area contributed by atoms with E-state index < -0.39 is 65.0 Å². The average Bonchev–Trinajstić information content (AvgIpc) is 2.68. The quantitative estimate of drug-likeness (QED) is 0.257. The second-order valence-corrected chi connectivity index (χ2v) is 9.78. The summed E-state index contributed by atoms with van der Waals surface area (Å²) in [4.78, 5) is 22.9. The van der Waals surface area contributed by atoms with Crippen molar-refractivity contribution in [1.29, 1.82) is 0 Å². The number of carbonyl (C=O) groups excluding carboxylic acids is 2. The Hall–Kier alpha value is -1.87. The first kappa shape index (κ1) is 37.3. The van der Waals surface area contributed by atoms with Crippen LogP contribution in [0.4, 0.5) is 48.3 Å². The van der Waals surface area contributed by atoms with Crippen molar-refractivity contribution in [3.05, 3.63) is 0 Å². The monoisotopic (exact) mass is 572 g/mol. The van der Waals surface area contributed by atoms with Gasteiger partial charge >= 0.3 is 30.5 Å². The van der Waals surface area contributed by atoms with Crippen LogP contribution in [0, 0.1) is 10.8 Å². The van der Waals surface area contributed by atoms with Crippen LogP contribution in [-0.4, -0.2) is 59.3 Å². The Labute approximate surface area is 206 Å². The Kier molecular flexibility index (Phi) is 12.0. The zero-order chi connectivity index (χ0) is 30.6. The van der Waals surface area contributed by atoms with Crippen molar-refractivity contribution in [3.63, 3.8) is 0 Å². The number of carbonyl (C=O) groups is 2. The summed E-state index contributed by atoms with van der Waals surface area (Å²) in [5.41, 5.74) is -10.9. The van der Waals surface area contributed by atoms with Gasteiger partial charge < -0.3 is 14.6 Å². The highest BCUT2D eigenvalue weighted by atomic mass is 19.4. The van der Waals surface area contributed by atoms with Gasteiger partial charge in [-0.3, -0.25) is 9.59 Å². The molecule has 0 saturated carbocycles. The Balaban J connectivity index is 0. The van der Waals surface area contributed by atoms with Gasteiger partial charge in [0.1, 0.15) is 0 Å². The normalized spacial score (nSPS) is 15.1. The molecule has 0 aromatic carbocycles. The summed E-state index contributed by atoms with van der Waals surface area (Å²) in [7, 11) is 0.